The molecule has 2 heterocycles. The first-order chi connectivity index (χ1) is 9.95. The first-order valence-corrected chi connectivity index (χ1v) is 8.52. The maximum absolute atomic E-state index is 12.2. The van der Waals surface area contributed by atoms with Gasteiger partial charge in [-0.25, -0.2) is 8.42 Å². The Balaban J connectivity index is 1.76. The Hall–Kier alpha value is -1.43. The van der Waals surface area contributed by atoms with E-state index in [9.17, 15) is 17.2 Å². The molecule has 0 aliphatic carbocycles. The van der Waals surface area contributed by atoms with E-state index in [1.54, 1.807) is 12.1 Å². The van der Waals surface area contributed by atoms with Gasteiger partial charge in [0, 0.05) is 0 Å². The molecule has 21 heavy (non-hydrogen) atoms. The molecular weight excluding hydrogens is 298 g/mol. The molecule has 2 atom stereocenters. The summed E-state index contributed by atoms with van der Waals surface area (Å²) in [4.78, 5) is 0. The van der Waals surface area contributed by atoms with Crippen LogP contribution in [-0.4, -0.2) is 25.5 Å². The first-order valence-electron chi connectivity index (χ1n) is 6.91. The van der Waals surface area contributed by atoms with Crippen molar-refractivity contribution in [3.8, 4) is 5.75 Å². The summed E-state index contributed by atoms with van der Waals surface area (Å²) in [5, 5.41) is -0.616. The molecular formula is C15H16F2O3S. The van der Waals surface area contributed by atoms with Gasteiger partial charge >= 0.3 is 6.61 Å². The van der Waals surface area contributed by atoms with Crippen molar-refractivity contribution < 1.29 is 21.9 Å². The second-order valence-corrected chi connectivity index (χ2v) is 8.01. The lowest BCUT2D eigenvalue weighted by Gasteiger charge is -2.20. The van der Waals surface area contributed by atoms with Crippen molar-refractivity contribution in [1.29, 1.82) is 0 Å². The molecule has 0 saturated carbocycles. The van der Waals surface area contributed by atoms with E-state index >= 15 is 0 Å². The number of rotatable bonds is 4. The van der Waals surface area contributed by atoms with Gasteiger partial charge in [0.1, 0.15) is 5.75 Å². The van der Waals surface area contributed by atoms with Crippen LogP contribution >= 0.6 is 0 Å². The van der Waals surface area contributed by atoms with Gasteiger partial charge < -0.3 is 4.74 Å². The summed E-state index contributed by atoms with van der Waals surface area (Å²) in [7, 11) is -2.98. The number of alkyl halides is 2. The zero-order valence-corrected chi connectivity index (χ0v) is 12.2. The predicted molar refractivity (Wildman–Crippen MR) is 75.2 cm³/mol. The second kappa shape index (κ2) is 5.40. The average molecular weight is 314 g/mol. The normalized spacial score (nSPS) is 26.7. The Morgan fingerprint density at radius 3 is 2.81 bits per heavy atom. The van der Waals surface area contributed by atoms with E-state index in [0.717, 1.165) is 17.6 Å². The van der Waals surface area contributed by atoms with Crippen molar-refractivity contribution in [3.63, 3.8) is 0 Å². The smallest absolute Gasteiger partial charge is 0.387 e. The number of fused-ring (bicyclic) bond motifs is 2. The third kappa shape index (κ3) is 2.95. The molecule has 1 saturated heterocycles. The van der Waals surface area contributed by atoms with Crippen molar-refractivity contribution in [2.45, 2.75) is 42.8 Å². The molecule has 3 nitrogen and oxygen atoms in total. The second-order valence-electron chi connectivity index (χ2n) is 5.56. The number of hydrogen-bond donors (Lipinski definition) is 0. The zero-order chi connectivity index (χ0) is 15.0. The van der Waals surface area contributed by atoms with Crippen LogP contribution in [0.4, 0.5) is 8.78 Å². The highest BCUT2D eigenvalue weighted by atomic mass is 32.2. The molecule has 1 aromatic carbocycles. The van der Waals surface area contributed by atoms with Crippen LogP contribution in [0.15, 0.2) is 35.9 Å². The Kier molecular flexibility index (Phi) is 3.73. The third-order valence-electron chi connectivity index (χ3n) is 4.13. The minimum absolute atomic E-state index is 0.134. The number of halogens is 2. The van der Waals surface area contributed by atoms with E-state index in [-0.39, 0.29) is 16.2 Å². The van der Waals surface area contributed by atoms with Crippen LogP contribution < -0.4 is 4.74 Å². The average Bonchev–Trinajstić information content (AvgIpc) is 2.59. The zero-order valence-electron chi connectivity index (χ0n) is 11.3. The lowest BCUT2D eigenvalue weighted by Crippen LogP contribution is -2.27. The molecule has 0 radical (unpaired) electrons. The van der Waals surface area contributed by atoms with Crippen LogP contribution in [0, 0.1) is 0 Å². The Labute approximate surface area is 122 Å². The number of hydrogen-bond acceptors (Lipinski definition) is 3. The van der Waals surface area contributed by atoms with E-state index in [0.29, 0.717) is 19.3 Å². The number of ether oxygens (including phenoxy) is 1. The molecule has 2 bridgehead atoms. The van der Waals surface area contributed by atoms with E-state index in [2.05, 4.69) is 4.74 Å². The first kappa shape index (κ1) is 14.5. The molecule has 0 spiro atoms. The summed E-state index contributed by atoms with van der Waals surface area (Å²) in [5.74, 6) is 0.134. The largest absolute Gasteiger partial charge is 0.435 e. The fraction of sp³-hybridized carbons (Fsp3) is 0.467. The minimum atomic E-state index is -2.98. The maximum atomic E-state index is 12.2. The monoisotopic (exact) mass is 314 g/mol. The quantitative estimate of drug-likeness (QED) is 0.802. The molecule has 6 heteroatoms. The third-order valence-corrected chi connectivity index (χ3v) is 6.67. The summed E-state index contributed by atoms with van der Waals surface area (Å²) >= 11 is 0. The Morgan fingerprint density at radius 1 is 1.29 bits per heavy atom. The van der Waals surface area contributed by atoms with Crippen LogP contribution in [0.1, 0.15) is 24.8 Å². The number of allylic oxidation sites excluding steroid dienone is 1. The highest BCUT2D eigenvalue weighted by Crippen LogP contribution is 2.38. The molecule has 114 valence electrons. The summed E-state index contributed by atoms with van der Waals surface area (Å²) in [6, 6.07) is 6.57. The van der Waals surface area contributed by atoms with Crippen molar-refractivity contribution in [1.82, 2.24) is 0 Å². The molecule has 0 N–H and O–H groups in total. The number of benzene rings is 1. The molecule has 0 amide bonds. The maximum Gasteiger partial charge on any atom is 0.387 e. The van der Waals surface area contributed by atoms with Crippen molar-refractivity contribution in [2.24, 2.45) is 0 Å². The van der Waals surface area contributed by atoms with E-state index in [4.69, 9.17) is 0 Å². The molecule has 2 aliphatic rings. The molecule has 1 aromatic rings. The molecule has 3 rings (SSSR count). The highest BCUT2D eigenvalue weighted by molar-refractivity contribution is 7.93. The standard InChI is InChI=1S/C15H16F2O3S/c16-15(17)20-12-3-1-2-10(7-12)6-11-8-13-4-5-14(9-11)21(13,18)19/h1-3,7-8,13-15H,4-6,9H2. The van der Waals surface area contributed by atoms with Gasteiger partial charge in [0.15, 0.2) is 9.84 Å². The van der Waals surface area contributed by atoms with Crippen LogP contribution in [0.3, 0.4) is 0 Å². The lowest BCUT2D eigenvalue weighted by atomic mass is 10.0. The number of sulfone groups is 1. The van der Waals surface area contributed by atoms with Crippen LogP contribution in [0.2, 0.25) is 0 Å². The summed E-state index contributed by atoms with van der Waals surface area (Å²) in [6.45, 7) is -2.84. The molecule has 2 aliphatic heterocycles. The van der Waals surface area contributed by atoms with Gasteiger partial charge in [0.05, 0.1) is 10.5 Å². The van der Waals surface area contributed by atoms with Gasteiger partial charge in [-0.3, -0.25) is 0 Å². The van der Waals surface area contributed by atoms with Crippen molar-refractivity contribution in [2.75, 3.05) is 0 Å². The van der Waals surface area contributed by atoms with Crippen LogP contribution in [0.5, 0.6) is 5.75 Å². The van der Waals surface area contributed by atoms with Gasteiger partial charge in [-0.1, -0.05) is 23.8 Å². The van der Waals surface area contributed by atoms with Gasteiger partial charge in [-0.05, 0) is 43.4 Å². The van der Waals surface area contributed by atoms with Gasteiger partial charge in [0.2, 0.25) is 0 Å². The van der Waals surface area contributed by atoms with Gasteiger partial charge in [-0.2, -0.15) is 8.78 Å². The fourth-order valence-corrected chi connectivity index (χ4v) is 5.42. The van der Waals surface area contributed by atoms with Crippen molar-refractivity contribution >= 4 is 9.84 Å². The lowest BCUT2D eigenvalue weighted by molar-refractivity contribution is -0.0498. The van der Waals surface area contributed by atoms with E-state index in [1.165, 1.54) is 6.07 Å². The molecule has 0 aromatic heterocycles. The van der Waals surface area contributed by atoms with Gasteiger partial charge in [-0.15, -0.1) is 0 Å². The highest BCUT2D eigenvalue weighted by Gasteiger charge is 2.42. The summed E-state index contributed by atoms with van der Waals surface area (Å²) < 4.78 is 52.8. The van der Waals surface area contributed by atoms with Crippen molar-refractivity contribution in [3.05, 3.63) is 41.5 Å². The van der Waals surface area contributed by atoms with E-state index in [1.807, 2.05) is 12.1 Å². The summed E-state index contributed by atoms with van der Waals surface area (Å²) in [6.07, 6.45) is 4.41. The topological polar surface area (TPSA) is 43.4 Å². The Bertz CT molecular complexity index is 667. The predicted octanol–water partition coefficient (Wildman–Crippen LogP) is 3.11. The minimum Gasteiger partial charge on any atom is -0.435 e. The van der Waals surface area contributed by atoms with Gasteiger partial charge in [0.25, 0.3) is 0 Å². The Morgan fingerprint density at radius 2 is 2.10 bits per heavy atom. The molecule has 1 fully saturated rings. The fourth-order valence-electron chi connectivity index (χ4n) is 3.17. The van der Waals surface area contributed by atoms with Crippen LogP contribution in [0.25, 0.3) is 0 Å². The van der Waals surface area contributed by atoms with Crippen LogP contribution in [-0.2, 0) is 16.3 Å². The molecule has 2 unspecified atom stereocenters. The SMILES string of the molecule is O=S1(=O)C2C=C(Cc3cccc(OC(F)F)c3)CC1CC2. The van der Waals surface area contributed by atoms with E-state index < -0.39 is 16.4 Å². The summed E-state index contributed by atoms with van der Waals surface area (Å²) in [5.41, 5.74) is 1.93.